The molecule has 1 aliphatic rings. The van der Waals surface area contributed by atoms with Gasteiger partial charge in [-0.15, -0.1) is 0 Å². The third-order valence-electron chi connectivity index (χ3n) is 7.11. The molecule has 41 heavy (non-hydrogen) atoms. The number of nitrogens with zero attached hydrogens (tertiary/aromatic N) is 2. The van der Waals surface area contributed by atoms with E-state index in [1.807, 2.05) is 0 Å². The molecule has 0 bridgehead atoms. The maximum atomic E-state index is 13.3. The molecule has 0 atom stereocenters. The highest BCUT2D eigenvalue weighted by Crippen LogP contribution is 2.33. The second-order valence-electron chi connectivity index (χ2n) is 9.92. The maximum Gasteiger partial charge on any atom is 0.416 e. The molecule has 3 N–H and O–H groups in total. The predicted molar refractivity (Wildman–Crippen MR) is 153 cm³/mol. The van der Waals surface area contributed by atoms with Crippen molar-refractivity contribution in [1.29, 1.82) is 0 Å². The molecule has 0 unspecified atom stereocenters. The third kappa shape index (κ3) is 6.43. The number of aromatic nitrogens is 2. The van der Waals surface area contributed by atoms with Crippen LogP contribution in [0.2, 0.25) is 5.02 Å². The normalized spacial score (nSPS) is 13.8. The van der Waals surface area contributed by atoms with Crippen LogP contribution in [0.25, 0.3) is 22.3 Å². The summed E-state index contributed by atoms with van der Waals surface area (Å²) in [5, 5.41) is 9.58. The molecule has 2 amide bonds. The van der Waals surface area contributed by atoms with Gasteiger partial charge in [-0.25, -0.2) is 9.97 Å². The number of nitrogens with one attached hydrogen (secondary N) is 3. The zero-order chi connectivity index (χ0) is 29.1. The molecule has 1 aliphatic carbocycles. The van der Waals surface area contributed by atoms with Crippen molar-refractivity contribution in [2.24, 2.45) is 5.92 Å². The molecule has 0 spiro atoms. The SMILES string of the molecule is CNc1nc(-c2cccc(C(F)(F)F)c2)nc2cc(NC(=O)c3cc(CNC(=O)C4CCCC4)ccc3Cl)ccc12. The van der Waals surface area contributed by atoms with Gasteiger partial charge < -0.3 is 16.0 Å². The van der Waals surface area contributed by atoms with E-state index in [1.165, 1.54) is 12.1 Å². The van der Waals surface area contributed by atoms with Crippen LogP contribution in [0, 0.1) is 5.92 Å². The quantitative estimate of drug-likeness (QED) is 0.217. The average Bonchev–Trinajstić information content (AvgIpc) is 3.51. The zero-order valence-corrected chi connectivity index (χ0v) is 22.9. The third-order valence-corrected chi connectivity index (χ3v) is 7.44. The molecule has 11 heteroatoms. The van der Waals surface area contributed by atoms with Gasteiger partial charge in [-0.3, -0.25) is 9.59 Å². The lowest BCUT2D eigenvalue weighted by Crippen LogP contribution is -2.28. The van der Waals surface area contributed by atoms with Crippen molar-refractivity contribution < 1.29 is 22.8 Å². The molecule has 0 saturated heterocycles. The molecular formula is C30H27ClF3N5O2. The van der Waals surface area contributed by atoms with Gasteiger partial charge in [-0.1, -0.05) is 42.6 Å². The van der Waals surface area contributed by atoms with Gasteiger partial charge in [-0.2, -0.15) is 13.2 Å². The van der Waals surface area contributed by atoms with Crippen molar-refractivity contribution in [3.63, 3.8) is 0 Å². The van der Waals surface area contributed by atoms with Gasteiger partial charge in [0.15, 0.2) is 5.82 Å². The van der Waals surface area contributed by atoms with Crippen LogP contribution in [-0.4, -0.2) is 28.8 Å². The summed E-state index contributed by atoms with van der Waals surface area (Å²) in [5.41, 5.74) is 1.21. The van der Waals surface area contributed by atoms with Crippen molar-refractivity contribution in [2.75, 3.05) is 17.7 Å². The monoisotopic (exact) mass is 581 g/mol. The first kappa shape index (κ1) is 28.4. The van der Waals surface area contributed by atoms with Crippen molar-refractivity contribution >= 4 is 45.8 Å². The van der Waals surface area contributed by atoms with E-state index >= 15 is 0 Å². The van der Waals surface area contributed by atoms with E-state index in [0.29, 0.717) is 22.4 Å². The van der Waals surface area contributed by atoms with Gasteiger partial charge in [-0.05, 0) is 60.9 Å². The Labute approximate surface area is 239 Å². The minimum absolute atomic E-state index is 0.0204. The lowest BCUT2D eigenvalue weighted by Gasteiger charge is -2.13. The van der Waals surface area contributed by atoms with Crippen LogP contribution in [-0.2, 0) is 17.5 Å². The van der Waals surface area contributed by atoms with Gasteiger partial charge in [0.1, 0.15) is 5.82 Å². The van der Waals surface area contributed by atoms with Crippen molar-refractivity contribution in [1.82, 2.24) is 15.3 Å². The van der Waals surface area contributed by atoms with Gasteiger partial charge in [0.05, 0.1) is 21.7 Å². The van der Waals surface area contributed by atoms with Crippen molar-refractivity contribution in [3.05, 3.63) is 82.4 Å². The van der Waals surface area contributed by atoms with Crippen LogP contribution in [0.4, 0.5) is 24.7 Å². The number of hydrogen-bond donors (Lipinski definition) is 3. The molecule has 7 nitrogen and oxygen atoms in total. The first-order valence-electron chi connectivity index (χ1n) is 13.2. The molecular weight excluding hydrogens is 555 g/mol. The lowest BCUT2D eigenvalue weighted by molar-refractivity contribution is -0.137. The fourth-order valence-corrected chi connectivity index (χ4v) is 5.14. The summed E-state index contributed by atoms with van der Waals surface area (Å²) in [6.07, 6.45) is -0.585. The summed E-state index contributed by atoms with van der Waals surface area (Å²) in [4.78, 5) is 34.5. The Balaban J connectivity index is 1.38. The predicted octanol–water partition coefficient (Wildman–Crippen LogP) is 7.07. The first-order valence-corrected chi connectivity index (χ1v) is 13.5. The van der Waals surface area contributed by atoms with E-state index in [-0.39, 0.29) is 40.3 Å². The molecule has 1 heterocycles. The van der Waals surface area contributed by atoms with E-state index in [2.05, 4.69) is 25.9 Å². The topological polar surface area (TPSA) is 96.0 Å². The number of alkyl halides is 3. The van der Waals surface area contributed by atoms with Crippen LogP contribution < -0.4 is 16.0 Å². The Kier molecular flexibility index (Phi) is 8.12. The van der Waals surface area contributed by atoms with E-state index < -0.39 is 17.6 Å². The molecule has 1 fully saturated rings. The van der Waals surface area contributed by atoms with Crippen LogP contribution in [0.5, 0.6) is 0 Å². The van der Waals surface area contributed by atoms with Crippen LogP contribution >= 0.6 is 11.6 Å². The molecule has 1 saturated carbocycles. The Morgan fingerprint density at radius 3 is 2.51 bits per heavy atom. The number of rotatable bonds is 7. The second-order valence-corrected chi connectivity index (χ2v) is 10.3. The Hall–Kier alpha value is -4.18. The second kappa shape index (κ2) is 11.7. The van der Waals surface area contributed by atoms with E-state index in [1.54, 1.807) is 43.4 Å². The summed E-state index contributed by atoms with van der Waals surface area (Å²) in [6.45, 7) is 0.283. The van der Waals surface area contributed by atoms with E-state index in [9.17, 15) is 22.8 Å². The number of amides is 2. The van der Waals surface area contributed by atoms with Crippen molar-refractivity contribution in [2.45, 2.75) is 38.4 Å². The number of halogens is 4. The number of carbonyl (C=O) groups excluding carboxylic acids is 2. The molecule has 0 aliphatic heterocycles. The maximum absolute atomic E-state index is 13.3. The minimum Gasteiger partial charge on any atom is -0.373 e. The van der Waals surface area contributed by atoms with Gasteiger partial charge >= 0.3 is 6.18 Å². The highest BCUT2D eigenvalue weighted by molar-refractivity contribution is 6.34. The summed E-state index contributed by atoms with van der Waals surface area (Å²) >= 11 is 6.33. The number of benzene rings is 3. The van der Waals surface area contributed by atoms with Crippen LogP contribution in [0.3, 0.4) is 0 Å². The summed E-state index contributed by atoms with van der Waals surface area (Å²) in [6, 6.07) is 14.8. The number of carbonyl (C=O) groups is 2. The lowest BCUT2D eigenvalue weighted by atomic mass is 10.1. The Bertz CT molecular complexity index is 1620. The summed E-state index contributed by atoms with van der Waals surface area (Å²) < 4.78 is 39.8. The zero-order valence-electron chi connectivity index (χ0n) is 22.1. The van der Waals surface area contributed by atoms with Crippen molar-refractivity contribution in [3.8, 4) is 11.4 Å². The first-order chi connectivity index (χ1) is 19.6. The highest BCUT2D eigenvalue weighted by atomic mass is 35.5. The Morgan fingerprint density at radius 1 is 1.00 bits per heavy atom. The molecule has 212 valence electrons. The number of fused-ring (bicyclic) bond motifs is 1. The summed E-state index contributed by atoms with van der Waals surface area (Å²) in [7, 11) is 1.65. The Morgan fingerprint density at radius 2 is 1.78 bits per heavy atom. The summed E-state index contributed by atoms with van der Waals surface area (Å²) in [5.74, 6) is 0.133. The molecule has 5 rings (SSSR count). The largest absolute Gasteiger partial charge is 0.416 e. The van der Waals surface area contributed by atoms with E-state index in [0.717, 1.165) is 43.4 Å². The van der Waals surface area contributed by atoms with Gasteiger partial charge in [0.25, 0.3) is 5.91 Å². The fraction of sp³-hybridized carbons (Fsp3) is 0.267. The smallest absolute Gasteiger partial charge is 0.373 e. The van der Waals surface area contributed by atoms with E-state index in [4.69, 9.17) is 11.6 Å². The molecule has 3 aromatic carbocycles. The fourth-order valence-electron chi connectivity index (χ4n) is 4.94. The molecule has 1 aromatic heterocycles. The highest BCUT2D eigenvalue weighted by Gasteiger charge is 2.30. The van der Waals surface area contributed by atoms with Gasteiger partial charge in [0.2, 0.25) is 5.91 Å². The minimum atomic E-state index is -4.50. The number of hydrogen-bond acceptors (Lipinski definition) is 5. The molecule has 4 aromatic rings. The van der Waals surface area contributed by atoms with Crippen LogP contribution in [0.15, 0.2) is 60.7 Å². The van der Waals surface area contributed by atoms with Crippen LogP contribution in [0.1, 0.15) is 47.2 Å². The standard InChI is InChI=1S/C30H27ClF3N5O2/c1-35-27-22-11-10-21(15-25(22)38-26(39-27)19-7-4-8-20(14-19)30(32,33)34)37-29(41)23-13-17(9-12-24(23)31)16-36-28(40)18-5-2-3-6-18/h4,7-15,18H,2-3,5-6,16H2,1H3,(H,36,40)(H,37,41)(H,35,38,39). The average molecular weight is 582 g/mol. The number of anilines is 2. The molecule has 0 radical (unpaired) electrons. The van der Waals surface area contributed by atoms with Gasteiger partial charge in [0, 0.05) is 36.1 Å².